The van der Waals surface area contributed by atoms with Gasteiger partial charge in [-0.2, -0.15) is 5.10 Å². The van der Waals surface area contributed by atoms with E-state index in [1.165, 1.54) is 0 Å². The number of nitrogens with one attached hydrogen (secondary N) is 1. The van der Waals surface area contributed by atoms with E-state index in [0.29, 0.717) is 29.5 Å². The first-order chi connectivity index (χ1) is 13.5. The summed E-state index contributed by atoms with van der Waals surface area (Å²) in [6.07, 6.45) is 4.96. The minimum absolute atomic E-state index is 0. The van der Waals surface area contributed by atoms with Crippen molar-refractivity contribution in [3.05, 3.63) is 35.7 Å². The number of halogens is 3. The number of alkyl halides is 1. The number of anilines is 1. The van der Waals surface area contributed by atoms with Crippen molar-refractivity contribution in [1.29, 1.82) is 0 Å². The molecule has 152 valence electrons. The summed E-state index contributed by atoms with van der Waals surface area (Å²) in [5, 5.41) is 5.90. The van der Waals surface area contributed by atoms with Crippen LogP contribution in [0.2, 0.25) is 5.02 Å². The number of aryl methyl sites for hydroxylation is 1. The van der Waals surface area contributed by atoms with Crippen LogP contribution < -0.4 is 10.6 Å². The Bertz CT molecular complexity index is 1190. The molecule has 0 amide bonds. The third kappa shape index (κ3) is 3.31. The lowest BCUT2D eigenvalue weighted by molar-refractivity contribution is 0.251. The number of H-pyrrole nitrogens is 1. The molecule has 0 unspecified atom stereocenters. The predicted octanol–water partition coefficient (Wildman–Crippen LogP) is 3.46. The average Bonchev–Trinajstić information content (AvgIpc) is 3.27. The maximum atomic E-state index is 14.0. The Hall–Kier alpha value is -2.42. The number of piperidine rings is 1. The highest BCUT2D eigenvalue weighted by molar-refractivity contribution is 6.38. The molecule has 1 aliphatic heterocycles. The van der Waals surface area contributed by atoms with E-state index in [0.717, 1.165) is 27.5 Å². The number of aromatic nitrogens is 5. The van der Waals surface area contributed by atoms with Crippen molar-refractivity contribution in [2.24, 2.45) is 12.8 Å². The Kier molecular flexibility index (Phi) is 5.10. The molecule has 2 atom stereocenters. The van der Waals surface area contributed by atoms with Crippen LogP contribution >= 0.6 is 24.0 Å². The van der Waals surface area contributed by atoms with Gasteiger partial charge in [0, 0.05) is 48.5 Å². The van der Waals surface area contributed by atoms with Gasteiger partial charge in [-0.05, 0) is 12.5 Å². The second-order valence-corrected chi connectivity index (χ2v) is 7.58. The molecule has 4 heterocycles. The number of nitrogens with two attached hydrogens (primary N) is 1. The van der Waals surface area contributed by atoms with Crippen LogP contribution in [0.1, 0.15) is 6.42 Å². The van der Waals surface area contributed by atoms with E-state index in [9.17, 15) is 4.39 Å². The van der Waals surface area contributed by atoms with Gasteiger partial charge in [0.05, 0.1) is 23.3 Å². The quantitative estimate of drug-likeness (QED) is 0.503. The fourth-order valence-corrected chi connectivity index (χ4v) is 4.07. The van der Waals surface area contributed by atoms with Crippen LogP contribution in [0.3, 0.4) is 0 Å². The van der Waals surface area contributed by atoms with E-state index < -0.39 is 12.2 Å². The maximum absolute atomic E-state index is 14.0. The summed E-state index contributed by atoms with van der Waals surface area (Å²) in [4.78, 5) is 14.3. The molecule has 7 nitrogen and oxygen atoms in total. The van der Waals surface area contributed by atoms with Crippen LogP contribution in [-0.2, 0) is 7.05 Å². The lowest BCUT2D eigenvalue weighted by atomic mass is 10.0. The van der Waals surface area contributed by atoms with Gasteiger partial charge in [-0.3, -0.25) is 4.68 Å². The van der Waals surface area contributed by atoms with Crippen LogP contribution in [0, 0.1) is 0 Å². The second kappa shape index (κ2) is 7.44. The van der Waals surface area contributed by atoms with Crippen molar-refractivity contribution in [1.82, 2.24) is 24.7 Å². The molecule has 1 aliphatic rings. The van der Waals surface area contributed by atoms with Crippen LogP contribution in [0.15, 0.2) is 30.7 Å². The zero-order chi connectivity index (χ0) is 19.4. The minimum atomic E-state index is -1.06. The lowest BCUT2D eigenvalue weighted by Crippen LogP contribution is -2.48. The molecule has 0 radical (unpaired) electrons. The topological polar surface area (TPSA) is 88.7 Å². The van der Waals surface area contributed by atoms with E-state index in [-0.39, 0.29) is 19.0 Å². The molecule has 29 heavy (non-hydrogen) atoms. The first kappa shape index (κ1) is 19.9. The van der Waals surface area contributed by atoms with E-state index >= 15 is 0 Å². The lowest BCUT2D eigenvalue weighted by Gasteiger charge is -2.33. The summed E-state index contributed by atoms with van der Waals surface area (Å²) in [5.74, 6) is 0.643. The number of fused-ring (bicyclic) bond motifs is 2. The number of hydrogen-bond acceptors (Lipinski definition) is 5. The van der Waals surface area contributed by atoms with Gasteiger partial charge in [-0.25, -0.2) is 14.4 Å². The summed E-state index contributed by atoms with van der Waals surface area (Å²) in [6, 6.07) is 3.47. The smallest absolute Gasteiger partial charge is 0.159 e. The summed E-state index contributed by atoms with van der Waals surface area (Å²) in [6.45, 7) is 0.900. The third-order valence-corrected chi connectivity index (χ3v) is 5.72. The van der Waals surface area contributed by atoms with Crippen molar-refractivity contribution in [2.75, 3.05) is 18.0 Å². The molecule has 1 fully saturated rings. The van der Waals surface area contributed by atoms with E-state index in [1.807, 2.05) is 36.5 Å². The van der Waals surface area contributed by atoms with Gasteiger partial charge in [0.25, 0.3) is 0 Å². The second-order valence-electron chi connectivity index (χ2n) is 7.20. The molecular formula is C19H20Cl2FN7. The van der Waals surface area contributed by atoms with Crippen molar-refractivity contribution >= 4 is 51.9 Å². The van der Waals surface area contributed by atoms with Crippen LogP contribution in [0.4, 0.5) is 10.2 Å². The highest BCUT2D eigenvalue weighted by atomic mass is 35.5. The molecule has 0 aliphatic carbocycles. The van der Waals surface area contributed by atoms with E-state index in [4.69, 9.17) is 17.3 Å². The van der Waals surface area contributed by atoms with Crippen LogP contribution in [0.25, 0.3) is 33.2 Å². The zero-order valence-corrected chi connectivity index (χ0v) is 17.2. The Balaban J connectivity index is 0.00000205. The summed E-state index contributed by atoms with van der Waals surface area (Å²) < 4.78 is 15.7. The third-order valence-electron chi connectivity index (χ3n) is 5.31. The van der Waals surface area contributed by atoms with Gasteiger partial charge in [-0.15, -0.1) is 12.4 Å². The molecule has 10 heteroatoms. The van der Waals surface area contributed by atoms with Gasteiger partial charge in [0.1, 0.15) is 17.5 Å². The fourth-order valence-electron chi connectivity index (χ4n) is 3.76. The Morgan fingerprint density at radius 3 is 2.93 bits per heavy atom. The Labute approximate surface area is 177 Å². The van der Waals surface area contributed by atoms with Crippen LogP contribution in [-0.4, -0.2) is 50.0 Å². The summed E-state index contributed by atoms with van der Waals surface area (Å²) in [5.41, 5.74) is 9.70. The monoisotopic (exact) mass is 435 g/mol. The highest BCUT2D eigenvalue weighted by Gasteiger charge is 2.27. The number of rotatable bonds is 2. The molecule has 1 aromatic carbocycles. The molecule has 3 aromatic heterocycles. The average molecular weight is 436 g/mol. The predicted molar refractivity (Wildman–Crippen MR) is 116 cm³/mol. The molecule has 5 rings (SSSR count). The van der Waals surface area contributed by atoms with Gasteiger partial charge in [-0.1, -0.05) is 17.7 Å². The Morgan fingerprint density at radius 2 is 2.14 bits per heavy atom. The number of aromatic amines is 1. The summed E-state index contributed by atoms with van der Waals surface area (Å²) >= 11 is 6.65. The molecule has 0 spiro atoms. The van der Waals surface area contributed by atoms with E-state index in [1.54, 1.807) is 10.9 Å². The first-order valence-corrected chi connectivity index (χ1v) is 9.50. The van der Waals surface area contributed by atoms with Crippen molar-refractivity contribution in [2.45, 2.75) is 18.6 Å². The highest BCUT2D eigenvalue weighted by Crippen LogP contribution is 2.37. The van der Waals surface area contributed by atoms with Crippen molar-refractivity contribution in [3.63, 3.8) is 0 Å². The SMILES string of the molecule is Cl.Cn1cc2c(Cl)c(-c3c[nH]c4nc(N5CC[C@@H](N)[C@@H](F)C5)cnc34)ccc2n1. The standard InChI is InChI=1S/C19H19ClFN7.ClH/c1-27-8-12-15(26-27)3-2-10(17(12)20)11-6-24-19-18(11)23-7-16(25-19)28-5-4-14(22)13(21)9-28;/h2-3,6-8,13-14H,4-5,9,22H2,1H3,(H,24,25);1H/t13-,14+;/m0./s1. The van der Waals surface area contributed by atoms with Gasteiger partial charge in [0.15, 0.2) is 5.65 Å². The molecule has 0 saturated carbocycles. The van der Waals surface area contributed by atoms with Gasteiger partial charge < -0.3 is 15.6 Å². The first-order valence-electron chi connectivity index (χ1n) is 9.12. The fraction of sp³-hybridized carbons (Fsp3) is 0.316. The number of nitrogens with zero attached hydrogens (tertiary/aromatic N) is 5. The Morgan fingerprint density at radius 1 is 1.31 bits per heavy atom. The number of benzene rings is 1. The van der Waals surface area contributed by atoms with Gasteiger partial charge >= 0.3 is 0 Å². The normalized spacial score (nSPS) is 19.7. The van der Waals surface area contributed by atoms with Crippen molar-refractivity contribution < 1.29 is 4.39 Å². The van der Waals surface area contributed by atoms with Gasteiger partial charge in [0.2, 0.25) is 0 Å². The molecule has 3 N–H and O–H groups in total. The van der Waals surface area contributed by atoms with E-state index in [2.05, 4.69) is 20.1 Å². The summed E-state index contributed by atoms with van der Waals surface area (Å²) in [7, 11) is 1.87. The van der Waals surface area contributed by atoms with Crippen LogP contribution in [0.5, 0.6) is 0 Å². The largest absolute Gasteiger partial charge is 0.352 e. The maximum Gasteiger partial charge on any atom is 0.159 e. The molecular weight excluding hydrogens is 416 g/mol. The number of hydrogen-bond donors (Lipinski definition) is 2. The molecule has 0 bridgehead atoms. The molecule has 4 aromatic rings. The van der Waals surface area contributed by atoms with Crippen molar-refractivity contribution in [3.8, 4) is 11.1 Å². The molecule has 1 saturated heterocycles. The zero-order valence-electron chi connectivity index (χ0n) is 15.6. The minimum Gasteiger partial charge on any atom is -0.352 e.